The van der Waals surface area contributed by atoms with Crippen molar-refractivity contribution in [2.45, 2.75) is 37.3 Å². The molecule has 3 aromatic rings. The maximum Gasteiger partial charge on any atom is 0.417 e. The Kier molecular flexibility index (Phi) is 8.13. The number of rotatable bonds is 7. The highest BCUT2D eigenvalue weighted by molar-refractivity contribution is 6.31. The van der Waals surface area contributed by atoms with E-state index in [2.05, 4.69) is 39.8 Å². The van der Waals surface area contributed by atoms with Crippen molar-refractivity contribution in [2.75, 3.05) is 31.5 Å². The highest BCUT2D eigenvalue weighted by atomic mass is 35.5. The number of hydrogen-bond acceptors (Lipinski definition) is 2. The second-order valence-corrected chi connectivity index (χ2v) is 11.5. The number of halogens is 5. The summed E-state index contributed by atoms with van der Waals surface area (Å²) in [7, 11) is 0. The summed E-state index contributed by atoms with van der Waals surface area (Å²) in [6.45, 7) is 3.35. The SMILES string of the molecule is O=C(NCC1(c2ccc(-c3cccc(Cl)c3)cc2)CCN(CC2CC2)CC1)Nc1ccc(Cl)c(C(F)(F)F)c1. The van der Waals surface area contributed by atoms with E-state index >= 15 is 0 Å². The fourth-order valence-electron chi connectivity index (χ4n) is 5.33. The van der Waals surface area contributed by atoms with Crippen LogP contribution in [0.1, 0.15) is 36.8 Å². The van der Waals surface area contributed by atoms with Gasteiger partial charge in [0.05, 0.1) is 10.6 Å². The Bertz CT molecular complexity index is 1320. The molecule has 0 unspecified atom stereocenters. The molecule has 0 bridgehead atoms. The van der Waals surface area contributed by atoms with Crippen LogP contribution in [0, 0.1) is 5.92 Å². The average Bonchev–Trinajstić information content (AvgIpc) is 3.73. The second-order valence-electron chi connectivity index (χ2n) is 10.6. The molecule has 0 aromatic heterocycles. The molecule has 0 atom stereocenters. The number of nitrogens with one attached hydrogen (secondary N) is 2. The van der Waals surface area contributed by atoms with Gasteiger partial charge in [-0.3, -0.25) is 0 Å². The first-order valence-corrected chi connectivity index (χ1v) is 13.9. The Balaban J connectivity index is 1.31. The summed E-state index contributed by atoms with van der Waals surface area (Å²) in [6, 6.07) is 18.9. The molecule has 206 valence electrons. The molecule has 2 aliphatic rings. The van der Waals surface area contributed by atoms with Gasteiger partial charge in [0.1, 0.15) is 0 Å². The van der Waals surface area contributed by atoms with Crippen molar-refractivity contribution in [3.63, 3.8) is 0 Å². The third-order valence-corrected chi connectivity index (χ3v) is 8.36. The molecule has 1 saturated heterocycles. The molecule has 1 saturated carbocycles. The molecule has 0 radical (unpaired) electrons. The maximum absolute atomic E-state index is 13.2. The van der Waals surface area contributed by atoms with E-state index in [1.54, 1.807) is 0 Å². The molecule has 2 amide bonds. The third kappa shape index (κ3) is 6.89. The minimum atomic E-state index is -4.61. The normalized spacial score (nSPS) is 17.6. The number of likely N-dealkylation sites (tertiary alicyclic amines) is 1. The van der Waals surface area contributed by atoms with Crippen LogP contribution in [0.2, 0.25) is 10.0 Å². The zero-order valence-electron chi connectivity index (χ0n) is 21.3. The van der Waals surface area contributed by atoms with Crippen LogP contribution >= 0.6 is 23.2 Å². The zero-order chi connectivity index (χ0) is 27.6. The Morgan fingerprint density at radius 3 is 2.31 bits per heavy atom. The monoisotopic (exact) mass is 575 g/mol. The van der Waals surface area contributed by atoms with Crippen LogP contribution in [0.25, 0.3) is 11.1 Å². The second kappa shape index (κ2) is 11.4. The van der Waals surface area contributed by atoms with E-state index in [-0.39, 0.29) is 11.1 Å². The van der Waals surface area contributed by atoms with Crippen LogP contribution in [0.15, 0.2) is 66.7 Å². The van der Waals surface area contributed by atoms with Gasteiger partial charge in [-0.05, 0) is 91.7 Å². The molecule has 2 fully saturated rings. The number of carbonyl (C=O) groups is 1. The van der Waals surface area contributed by atoms with Crippen LogP contribution in [0.3, 0.4) is 0 Å². The van der Waals surface area contributed by atoms with Crippen molar-refractivity contribution in [1.82, 2.24) is 10.2 Å². The Labute approximate surface area is 236 Å². The topological polar surface area (TPSA) is 44.4 Å². The van der Waals surface area contributed by atoms with Crippen molar-refractivity contribution in [1.29, 1.82) is 0 Å². The molecule has 1 heterocycles. The molecule has 3 aromatic carbocycles. The minimum Gasteiger partial charge on any atom is -0.337 e. The van der Waals surface area contributed by atoms with Crippen LogP contribution in [-0.4, -0.2) is 37.1 Å². The maximum atomic E-state index is 13.2. The third-order valence-electron chi connectivity index (χ3n) is 7.80. The number of amides is 2. The molecule has 1 aliphatic heterocycles. The average molecular weight is 576 g/mol. The van der Waals surface area contributed by atoms with Gasteiger partial charge in [-0.2, -0.15) is 13.2 Å². The van der Waals surface area contributed by atoms with Gasteiger partial charge >= 0.3 is 12.2 Å². The Morgan fingerprint density at radius 2 is 1.67 bits per heavy atom. The van der Waals surface area contributed by atoms with Crippen LogP contribution in [0.5, 0.6) is 0 Å². The van der Waals surface area contributed by atoms with Crippen molar-refractivity contribution in [2.24, 2.45) is 5.92 Å². The van der Waals surface area contributed by atoms with E-state index in [0.717, 1.165) is 67.2 Å². The number of piperidine rings is 1. The molecule has 0 spiro atoms. The van der Waals surface area contributed by atoms with Crippen LogP contribution in [0.4, 0.5) is 23.7 Å². The molecule has 39 heavy (non-hydrogen) atoms. The summed E-state index contributed by atoms with van der Waals surface area (Å²) in [5.74, 6) is 0.805. The van der Waals surface area contributed by atoms with Gasteiger partial charge in [-0.25, -0.2) is 4.79 Å². The summed E-state index contributed by atoms with van der Waals surface area (Å²) in [4.78, 5) is 15.3. The lowest BCUT2D eigenvalue weighted by Crippen LogP contribution is -2.50. The fraction of sp³-hybridized carbons (Fsp3) is 0.367. The van der Waals surface area contributed by atoms with Gasteiger partial charge in [0.15, 0.2) is 0 Å². The van der Waals surface area contributed by atoms with Crippen LogP contribution in [-0.2, 0) is 11.6 Å². The number of benzene rings is 3. The van der Waals surface area contributed by atoms with Gasteiger partial charge < -0.3 is 15.5 Å². The zero-order valence-corrected chi connectivity index (χ0v) is 22.8. The number of hydrogen-bond donors (Lipinski definition) is 2. The van der Waals surface area contributed by atoms with E-state index in [0.29, 0.717) is 11.6 Å². The Hall–Kier alpha value is -2.74. The number of urea groups is 1. The largest absolute Gasteiger partial charge is 0.417 e. The number of alkyl halides is 3. The number of nitrogens with zero attached hydrogens (tertiary/aromatic N) is 1. The summed E-state index contributed by atoms with van der Waals surface area (Å²) in [5.41, 5.74) is 1.97. The lowest BCUT2D eigenvalue weighted by molar-refractivity contribution is -0.137. The highest BCUT2D eigenvalue weighted by Gasteiger charge is 2.38. The first-order valence-electron chi connectivity index (χ1n) is 13.1. The predicted octanol–water partition coefficient (Wildman–Crippen LogP) is 8.24. The first kappa shape index (κ1) is 27.8. The summed E-state index contributed by atoms with van der Waals surface area (Å²) < 4.78 is 39.7. The molecular formula is C30H30Cl2F3N3O. The van der Waals surface area contributed by atoms with Gasteiger partial charge in [0, 0.05) is 29.2 Å². The van der Waals surface area contributed by atoms with Crippen molar-refractivity contribution >= 4 is 34.9 Å². The number of carbonyl (C=O) groups excluding carboxylic acids is 1. The smallest absolute Gasteiger partial charge is 0.337 e. The molecule has 1 aliphatic carbocycles. The van der Waals surface area contributed by atoms with Crippen molar-refractivity contribution < 1.29 is 18.0 Å². The molecule has 4 nitrogen and oxygen atoms in total. The minimum absolute atomic E-state index is 0.0309. The molecular weight excluding hydrogens is 546 g/mol. The van der Waals surface area contributed by atoms with Gasteiger partial charge in [0.2, 0.25) is 0 Å². The predicted molar refractivity (Wildman–Crippen MR) is 150 cm³/mol. The highest BCUT2D eigenvalue weighted by Crippen LogP contribution is 2.39. The standard InChI is InChI=1S/C30H30Cl2F3N3O/c31-24-3-1-2-22(16-24)21-6-8-23(9-7-21)29(12-14-38(15-13-29)18-20-4-5-20)19-36-28(39)37-25-10-11-27(32)26(17-25)30(33,34)35/h1-3,6-11,16-17,20H,4-5,12-15,18-19H2,(H2,36,37,39). The summed E-state index contributed by atoms with van der Waals surface area (Å²) in [6.07, 6.45) is -0.267. The Morgan fingerprint density at radius 1 is 0.949 bits per heavy atom. The lowest BCUT2D eigenvalue weighted by Gasteiger charge is -2.42. The lowest BCUT2D eigenvalue weighted by atomic mass is 9.72. The quantitative estimate of drug-likeness (QED) is 0.298. The van der Waals surface area contributed by atoms with Gasteiger partial charge in [-0.1, -0.05) is 59.6 Å². The van der Waals surface area contributed by atoms with E-state index in [4.69, 9.17) is 23.2 Å². The van der Waals surface area contributed by atoms with Crippen molar-refractivity contribution in [3.05, 3.63) is 87.9 Å². The van der Waals surface area contributed by atoms with Crippen molar-refractivity contribution in [3.8, 4) is 11.1 Å². The number of anilines is 1. The van der Waals surface area contributed by atoms with E-state index in [1.165, 1.54) is 18.9 Å². The van der Waals surface area contributed by atoms with Gasteiger partial charge in [0.25, 0.3) is 0 Å². The molecule has 5 rings (SSSR count). The fourth-order valence-corrected chi connectivity index (χ4v) is 5.74. The summed E-state index contributed by atoms with van der Waals surface area (Å²) in [5, 5.41) is 5.74. The van der Waals surface area contributed by atoms with E-state index < -0.39 is 22.8 Å². The van der Waals surface area contributed by atoms with E-state index in [1.807, 2.05) is 24.3 Å². The van der Waals surface area contributed by atoms with Gasteiger partial charge in [-0.15, -0.1) is 0 Å². The van der Waals surface area contributed by atoms with E-state index in [9.17, 15) is 18.0 Å². The molecule has 9 heteroatoms. The molecule has 2 N–H and O–H groups in total. The first-order chi connectivity index (χ1) is 18.6. The summed E-state index contributed by atoms with van der Waals surface area (Å²) >= 11 is 11.9. The van der Waals surface area contributed by atoms with Crippen LogP contribution < -0.4 is 10.6 Å².